The largest absolute Gasteiger partial charge is 0.396 e. The molecule has 0 saturated carbocycles. The molecule has 0 amide bonds. The molecule has 0 aliphatic carbocycles. The van der Waals surface area contributed by atoms with Crippen LogP contribution in [0.2, 0.25) is 0 Å². The summed E-state index contributed by atoms with van der Waals surface area (Å²) in [5.41, 5.74) is -0.127. The zero-order valence-corrected chi connectivity index (χ0v) is 11.1. The molecule has 106 valence electrons. The summed E-state index contributed by atoms with van der Waals surface area (Å²) in [5.74, 6) is 0. The molecule has 2 aliphatic heterocycles. The first-order chi connectivity index (χ1) is 8.83. The number of nitrogens with zero attached hydrogens (tertiary/aromatic N) is 2. The average Bonchev–Trinajstić information content (AvgIpc) is 2.43. The number of nitrogens with one attached hydrogen (secondary N) is 2. The van der Waals surface area contributed by atoms with E-state index in [4.69, 9.17) is 0 Å². The summed E-state index contributed by atoms with van der Waals surface area (Å²) in [6, 6.07) is 0. The van der Waals surface area contributed by atoms with Gasteiger partial charge in [-0.2, -0.15) is 0 Å². The average molecular weight is 258 g/mol. The summed E-state index contributed by atoms with van der Waals surface area (Å²) < 4.78 is 0. The van der Waals surface area contributed by atoms with Gasteiger partial charge in [-0.1, -0.05) is 0 Å². The number of aliphatic hydroxyl groups is 2. The second kappa shape index (κ2) is 6.79. The van der Waals surface area contributed by atoms with Crippen molar-refractivity contribution in [2.24, 2.45) is 0 Å². The molecule has 1 atom stereocenters. The molecule has 0 radical (unpaired) electrons. The number of piperazine rings is 2. The van der Waals surface area contributed by atoms with Crippen molar-refractivity contribution in [1.82, 2.24) is 20.4 Å². The molecule has 2 heterocycles. The lowest BCUT2D eigenvalue weighted by molar-refractivity contribution is -0.0961. The van der Waals surface area contributed by atoms with Gasteiger partial charge in [0.15, 0.2) is 0 Å². The van der Waals surface area contributed by atoms with Gasteiger partial charge in [0.2, 0.25) is 0 Å². The molecule has 2 aliphatic rings. The Labute approximate surface area is 109 Å². The standard InChI is InChI=1S/C12H26N4O2/c17-9-1-12(15-5-2-13-3-6-15)11-14-4-7-16(12)8-10-18/h13-14,17-18H,1-11H2. The Morgan fingerprint density at radius 2 is 1.67 bits per heavy atom. The minimum Gasteiger partial charge on any atom is -0.396 e. The van der Waals surface area contributed by atoms with Crippen LogP contribution in [0.25, 0.3) is 0 Å². The van der Waals surface area contributed by atoms with Crippen LogP contribution in [-0.2, 0) is 0 Å². The van der Waals surface area contributed by atoms with Crippen molar-refractivity contribution in [2.45, 2.75) is 12.1 Å². The Morgan fingerprint density at radius 3 is 2.33 bits per heavy atom. The lowest BCUT2D eigenvalue weighted by atomic mass is 9.97. The number of aliphatic hydroxyl groups excluding tert-OH is 2. The summed E-state index contributed by atoms with van der Waals surface area (Å²) in [7, 11) is 0. The summed E-state index contributed by atoms with van der Waals surface area (Å²) in [5, 5.41) is 25.5. The monoisotopic (exact) mass is 258 g/mol. The lowest BCUT2D eigenvalue weighted by Crippen LogP contribution is -2.72. The Kier molecular flexibility index (Phi) is 5.35. The molecule has 0 aromatic carbocycles. The van der Waals surface area contributed by atoms with E-state index in [-0.39, 0.29) is 18.9 Å². The van der Waals surface area contributed by atoms with E-state index in [9.17, 15) is 10.2 Å². The summed E-state index contributed by atoms with van der Waals surface area (Å²) in [4.78, 5) is 4.80. The van der Waals surface area contributed by atoms with Gasteiger partial charge in [-0.3, -0.25) is 9.80 Å². The molecule has 2 saturated heterocycles. The van der Waals surface area contributed by atoms with Gasteiger partial charge in [0.25, 0.3) is 0 Å². The second-order valence-electron chi connectivity index (χ2n) is 5.08. The third-order valence-corrected chi connectivity index (χ3v) is 4.14. The topological polar surface area (TPSA) is 71.0 Å². The van der Waals surface area contributed by atoms with Crippen molar-refractivity contribution in [3.05, 3.63) is 0 Å². The molecule has 4 N–H and O–H groups in total. The Balaban J connectivity index is 2.14. The minimum absolute atomic E-state index is 0.127. The zero-order chi connectivity index (χ0) is 12.8. The third kappa shape index (κ3) is 2.84. The number of hydrogen-bond acceptors (Lipinski definition) is 6. The summed E-state index contributed by atoms with van der Waals surface area (Å²) in [6.45, 7) is 7.82. The van der Waals surface area contributed by atoms with E-state index in [0.29, 0.717) is 6.54 Å². The van der Waals surface area contributed by atoms with Crippen molar-refractivity contribution < 1.29 is 10.2 Å². The molecule has 0 bridgehead atoms. The predicted octanol–water partition coefficient (Wildman–Crippen LogP) is -2.13. The fourth-order valence-electron chi connectivity index (χ4n) is 3.24. The first-order valence-electron chi connectivity index (χ1n) is 6.97. The minimum atomic E-state index is -0.127. The summed E-state index contributed by atoms with van der Waals surface area (Å²) in [6.07, 6.45) is 0.736. The zero-order valence-electron chi connectivity index (χ0n) is 11.1. The molecule has 6 heteroatoms. The highest BCUT2D eigenvalue weighted by Gasteiger charge is 2.43. The lowest BCUT2D eigenvalue weighted by Gasteiger charge is -2.54. The van der Waals surface area contributed by atoms with E-state index in [2.05, 4.69) is 20.4 Å². The van der Waals surface area contributed by atoms with Gasteiger partial charge >= 0.3 is 0 Å². The maximum absolute atomic E-state index is 9.44. The number of rotatable bonds is 5. The molecule has 6 nitrogen and oxygen atoms in total. The highest BCUT2D eigenvalue weighted by molar-refractivity contribution is 4.97. The van der Waals surface area contributed by atoms with Gasteiger partial charge in [-0.15, -0.1) is 0 Å². The molecule has 2 fully saturated rings. The molecular formula is C12H26N4O2. The van der Waals surface area contributed by atoms with Gasteiger partial charge in [0.1, 0.15) is 0 Å². The molecule has 0 spiro atoms. The fourth-order valence-corrected chi connectivity index (χ4v) is 3.24. The predicted molar refractivity (Wildman–Crippen MR) is 70.4 cm³/mol. The molecule has 0 aromatic heterocycles. The molecule has 0 aromatic rings. The van der Waals surface area contributed by atoms with Crippen molar-refractivity contribution >= 4 is 0 Å². The fraction of sp³-hybridized carbons (Fsp3) is 1.00. The number of hydrogen-bond donors (Lipinski definition) is 4. The van der Waals surface area contributed by atoms with Crippen LogP contribution in [0, 0.1) is 0 Å². The quantitative estimate of drug-likeness (QED) is 0.451. The van der Waals surface area contributed by atoms with Crippen LogP contribution in [0.3, 0.4) is 0 Å². The van der Waals surface area contributed by atoms with Crippen LogP contribution >= 0.6 is 0 Å². The highest BCUT2D eigenvalue weighted by atomic mass is 16.3. The maximum Gasteiger partial charge on any atom is 0.0890 e. The Hall–Kier alpha value is -0.240. The highest BCUT2D eigenvalue weighted by Crippen LogP contribution is 2.26. The van der Waals surface area contributed by atoms with E-state index in [1.807, 2.05) is 0 Å². The van der Waals surface area contributed by atoms with E-state index < -0.39 is 0 Å². The smallest absolute Gasteiger partial charge is 0.0890 e. The molecule has 18 heavy (non-hydrogen) atoms. The van der Waals surface area contributed by atoms with Gasteiger partial charge < -0.3 is 20.8 Å². The molecule has 1 unspecified atom stereocenters. The van der Waals surface area contributed by atoms with Crippen LogP contribution in [0.1, 0.15) is 6.42 Å². The number of β-amino-alcohol motifs (C(OH)–C–C–N with tert-alkyl or cyclic N) is 1. The SMILES string of the molecule is OCCN1CCNCC1(CCO)N1CCNCC1. The van der Waals surface area contributed by atoms with Crippen molar-refractivity contribution in [2.75, 3.05) is 65.6 Å². The van der Waals surface area contributed by atoms with Gasteiger partial charge in [0.05, 0.1) is 12.3 Å². The Morgan fingerprint density at radius 1 is 0.944 bits per heavy atom. The van der Waals surface area contributed by atoms with Gasteiger partial charge in [-0.05, 0) is 0 Å². The van der Waals surface area contributed by atoms with Crippen LogP contribution < -0.4 is 10.6 Å². The molecule has 2 rings (SSSR count). The first-order valence-corrected chi connectivity index (χ1v) is 6.97. The van der Waals surface area contributed by atoms with E-state index >= 15 is 0 Å². The molecular weight excluding hydrogens is 232 g/mol. The van der Waals surface area contributed by atoms with Gasteiger partial charge in [0, 0.05) is 65.4 Å². The van der Waals surface area contributed by atoms with E-state index in [1.165, 1.54) is 0 Å². The third-order valence-electron chi connectivity index (χ3n) is 4.14. The van der Waals surface area contributed by atoms with Crippen LogP contribution in [0.5, 0.6) is 0 Å². The van der Waals surface area contributed by atoms with Crippen molar-refractivity contribution in [3.63, 3.8) is 0 Å². The van der Waals surface area contributed by atoms with E-state index in [1.54, 1.807) is 0 Å². The Bertz CT molecular complexity index is 229. The normalized spacial score (nSPS) is 31.7. The second-order valence-corrected chi connectivity index (χ2v) is 5.08. The van der Waals surface area contributed by atoms with Crippen LogP contribution in [-0.4, -0.2) is 91.2 Å². The van der Waals surface area contributed by atoms with Crippen molar-refractivity contribution in [3.8, 4) is 0 Å². The summed E-state index contributed by atoms with van der Waals surface area (Å²) >= 11 is 0. The van der Waals surface area contributed by atoms with Crippen LogP contribution in [0.4, 0.5) is 0 Å². The van der Waals surface area contributed by atoms with Crippen LogP contribution in [0.15, 0.2) is 0 Å². The van der Waals surface area contributed by atoms with Gasteiger partial charge in [-0.25, -0.2) is 0 Å². The first kappa shape index (κ1) is 14.2. The van der Waals surface area contributed by atoms with Crippen molar-refractivity contribution in [1.29, 1.82) is 0 Å². The van der Waals surface area contributed by atoms with E-state index in [0.717, 1.165) is 52.2 Å². The maximum atomic E-state index is 9.44.